The SMILES string of the molecule is CN(CCOc1ccc(-c2cc[nH]c2CCC(=O)O)cc1)c1nc2ccccc2o1. The highest BCUT2D eigenvalue weighted by Gasteiger charge is 2.11. The first-order valence-electron chi connectivity index (χ1n) is 9.78. The lowest BCUT2D eigenvalue weighted by Gasteiger charge is -2.15. The number of para-hydroxylation sites is 2. The van der Waals surface area contributed by atoms with Gasteiger partial charge in [0.15, 0.2) is 5.58 Å². The molecule has 0 saturated heterocycles. The molecule has 2 N–H and O–H groups in total. The van der Waals surface area contributed by atoms with Gasteiger partial charge in [-0.05, 0) is 42.3 Å². The molecule has 4 rings (SSSR count). The van der Waals surface area contributed by atoms with Crippen LogP contribution in [-0.4, -0.2) is 41.2 Å². The molecule has 0 radical (unpaired) electrons. The number of likely N-dealkylation sites (N-methyl/N-ethyl adjacent to an activating group) is 1. The number of aromatic amines is 1. The zero-order chi connectivity index (χ0) is 20.9. The molecule has 0 fully saturated rings. The molecule has 0 unspecified atom stereocenters. The molecule has 0 bridgehead atoms. The molecule has 7 heteroatoms. The Labute approximate surface area is 173 Å². The number of anilines is 1. The monoisotopic (exact) mass is 405 g/mol. The van der Waals surface area contributed by atoms with E-state index in [1.165, 1.54) is 0 Å². The number of carbonyl (C=O) groups is 1. The second-order valence-corrected chi connectivity index (χ2v) is 7.02. The third-order valence-corrected chi connectivity index (χ3v) is 4.89. The number of nitrogens with one attached hydrogen (secondary N) is 1. The van der Waals surface area contributed by atoms with Crippen molar-refractivity contribution in [2.45, 2.75) is 12.8 Å². The van der Waals surface area contributed by atoms with E-state index in [1.54, 1.807) is 0 Å². The predicted molar refractivity (Wildman–Crippen MR) is 115 cm³/mol. The van der Waals surface area contributed by atoms with Gasteiger partial charge >= 0.3 is 5.97 Å². The van der Waals surface area contributed by atoms with Crippen molar-refractivity contribution in [1.82, 2.24) is 9.97 Å². The number of oxazole rings is 1. The Morgan fingerprint density at radius 1 is 1.17 bits per heavy atom. The molecule has 0 atom stereocenters. The molecule has 2 aromatic carbocycles. The lowest BCUT2D eigenvalue weighted by Crippen LogP contribution is -2.23. The van der Waals surface area contributed by atoms with Crippen molar-refractivity contribution in [3.63, 3.8) is 0 Å². The van der Waals surface area contributed by atoms with Gasteiger partial charge in [-0.1, -0.05) is 24.3 Å². The zero-order valence-corrected chi connectivity index (χ0v) is 16.7. The number of carboxylic acids is 1. The van der Waals surface area contributed by atoms with Crippen molar-refractivity contribution < 1.29 is 19.1 Å². The van der Waals surface area contributed by atoms with Gasteiger partial charge in [-0.2, -0.15) is 4.98 Å². The molecular formula is C23H23N3O4. The number of rotatable bonds is 9. The summed E-state index contributed by atoms with van der Waals surface area (Å²) < 4.78 is 11.6. The highest BCUT2D eigenvalue weighted by Crippen LogP contribution is 2.26. The normalized spacial score (nSPS) is 11.0. The van der Waals surface area contributed by atoms with Crippen LogP contribution in [0.2, 0.25) is 0 Å². The summed E-state index contributed by atoms with van der Waals surface area (Å²) in [6.07, 6.45) is 2.40. The van der Waals surface area contributed by atoms with Gasteiger partial charge in [0, 0.05) is 24.5 Å². The molecule has 4 aromatic rings. The number of carboxylic acid groups (broad SMARTS) is 1. The molecule has 154 valence electrons. The Morgan fingerprint density at radius 3 is 2.73 bits per heavy atom. The number of hydrogen-bond donors (Lipinski definition) is 2. The molecule has 0 spiro atoms. The smallest absolute Gasteiger partial charge is 0.303 e. The van der Waals surface area contributed by atoms with E-state index in [0.29, 0.717) is 25.6 Å². The Hall–Kier alpha value is -3.74. The Kier molecular flexibility index (Phi) is 5.70. The minimum Gasteiger partial charge on any atom is -0.492 e. The number of ether oxygens (including phenoxy) is 1. The number of hydrogen-bond acceptors (Lipinski definition) is 5. The fraction of sp³-hybridized carbons (Fsp3) is 0.217. The van der Waals surface area contributed by atoms with Crippen LogP contribution in [0.15, 0.2) is 65.2 Å². The number of benzene rings is 2. The van der Waals surface area contributed by atoms with E-state index in [9.17, 15) is 4.79 Å². The first-order chi connectivity index (χ1) is 14.6. The Morgan fingerprint density at radius 2 is 1.97 bits per heavy atom. The lowest BCUT2D eigenvalue weighted by atomic mass is 10.0. The van der Waals surface area contributed by atoms with Gasteiger partial charge < -0.3 is 24.1 Å². The molecule has 0 aliphatic heterocycles. The number of fused-ring (bicyclic) bond motifs is 1. The summed E-state index contributed by atoms with van der Waals surface area (Å²) in [4.78, 5) is 20.4. The fourth-order valence-electron chi connectivity index (χ4n) is 3.26. The van der Waals surface area contributed by atoms with Crippen LogP contribution in [0, 0.1) is 0 Å². The minimum atomic E-state index is -0.804. The largest absolute Gasteiger partial charge is 0.492 e. The molecule has 0 saturated carbocycles. The third-order valence-electron chi connectivity index (χ3n) is 4.89. The summed E-state index contributed by atoms with van der Waals surface area (Å²) in [6.45, 7) is 1.12. The van der Waals surface area contributed by atoms with E-state index in [-0.39, 0.29) is 6.42 Å². The summed E-state index contributed by atoms with van der Waals surface area (Å²) in [5.41, 5.74) is 4.56. The number of aryl methyl sites for hydroxylation is 1. The summed E-state index contributed by atoms with van der Waals surface area (Å²) in [5, 5.41) is 8.90. The van der Waals surface area contributed by atoms with Gasteiger partial charge in [-0.25, -0.2) is 0 Å². The van der Waals surface area contributed by atoms with Crippen LogP contribution < -0.4 is 9.64 Å². The minimum absolute atomic E-state index is 0.0995. The van der Waals surface area contributed by atoms with Crippen molar-refractivity contribution in [3.8, 4) is 16.9 Å². The van der Waals surface area contributed by atoms with E-state index < -0.39 is 5.97 Å². The van der Waals surface area contributed by atoms with Crippen molar-refractivity contribution in [2.24, 2.45) is 0 Å². The molecule has 0 amide bonds. The second-order valence-electron chi connectivity index (χ2n) is 7.02. The quantitative estimate of drug-likeness (QED) is 0.430. The van der Waals surface area contributed by atoms with Crippen LogP contribution >= 0.6 is 0 Å². The zero-order valence-electron chi connectivity index (χ0n) is 16.7. The van der Waals surface area contributed by atoms with E-state index in [2.05, 4.69) is 9.97 Å². The predicted octanol–water partition coefficient (Wildman–Crippen LogP) is 4.36. The summed E-state index contributed by atoms with van der Waals surface area (Å²) in [7, 11) is 1.92. The van der Waals surface area contributed by atoms with Crippen molar-refractivity contribution in [3.05, 3.63) is 66.5 Å². The Bertz CT molecular complexity index is 1100. The van der Waals surface area contributed by atoms with E-state index in [1.807, 2.05) is 72.7 Å². The van der Waals surface area contributed by atoms with Crippen molar-refractivity contribution >= 4 is 23.1 Å². The summed E-state index contributed by atoms with van der Waals surface area (Å²) >= 11 is 0. The topological polar surface area (TPSA) is 91.6 Å². The Balaban J connectivity index is 1.33. The van der Waals surface area contributed by atoms with Crippen LogP contribution in [-0.2, 0) is 11.2 Å². The number of aliphatic carboxylic acids is 1. The fourth-order valence-corrected chi connectivity index (χ4v) is 3.26. The highest BCUT2D eigenvalue weighted by atomic mass is 16.5. The number of H-pyrrole nitrogens is 1. The average Bonchev–Trinajstić information content (AvgIpc) is 3.39. The lowest BCUT2D eigenvalue weighted by molar-refractivity contribution is -0.136. The van der Waals surface area contributed by atoms with E-state index in [0.717, 1.165) is 33.7 Å². The maximum absolute atomic E-state index is 10.8. The highest BCUT2D eigenvalue weighted by molar-refractivity contribution is 5.74. The molecule has 0 aliphatic carbocycles. The molecule has 2 aromatic heterocycles. The summed E-state index contributed by atoms with van der Waals surface area (Å²) in [5.74, 6) is -0.0329. The van der Waals surface area contributed by atoms with Gasteiger partial charge in [0.05, 0.1) is 13.0 Å². The van der Waals surface area contributed by atoms with Gasteiger partial charge in [-0.15, -0.1) is 0 Å². The van der Waals surface area contributed by atoms with E-state index >= 15 is 0 Å². The second kappa shape index (κ2) is 8.73. The van der Waals surface area contributed by atoms with Crippen LogP contribution in [0.1, 0.15) is 12.1 Å². The molecular weight excluding hydrogens is 382 g/mol. The number of nitrogens with zero attached hydrogens (tertiary/aromatic N) is 2. The van der Waals surface area contributed by atoms with Gasteiger partial charge in [-0.3, -0.25) is 4.79 Å². The first-order valence-corrected chi connectivity index (χ1v) is 9.78. The van der Waals surface area contributed by atoms with Gasteiger partial charge in [0.1, 0.15) is 17.9 Å². The van der Waals surface area contributed by atoms with Crippen LogP contribution in [0.4, 0.5) is 6.01 Å². The first kappa shape index (κ1) is 19.6. The van der Waals surface area contributed by atoms with Crippen molar-refractivity contribution in [1.29, 1.82) is 0 Å². The van der Waals surface area contributed by atoms with E-state index in [4.69, 9.17) is 14.3 Å². The van der Waals surface area contributed by atoms with Crippen LogP contribution in [0.5, 0.6) is 5.75 Å². The van der Waals surface area contributed by atoms with Gasteiger partial charge in [0.25, 0.3) is 6.01 Å². The average molecular weight is 405 g/mol. The molecule has 2 heterocycles. The van der Waals surface area contributed by atoms with Crippen LogP contribution in [0.25, 0.3) is 22.2 Å². The standard InChI is InChI=1S/C23H23N3O4/c1-26(23-25-20-4-2-3-5-21(20)30-23)14-15-29-17-8-6-16(7-9-17)18-12-13-24-19(18)10-11-22(27)28/h2-9,12-13,24H,10-11,14-15H2,1H3,(H,27,28). The van der Waals surface area contributed by atoms with Crippen LogP contribution in [0.3, 0.4) is 0 Å². The maximum Gasteiger partial charge on any atom is 0.303 e. The maximum atomic E-state index is 10.8. The molecule has 30 heavy (non-hydrogen) atoms. The van der Waals surface area contributed by atoms with Crippen molar-refractivity contribution in [2.75, 3.05) is 25.1 Å². The molecule has 7 nitrogen and oxygen atoms in total. The molecule has 0 aliphatic rings. The third kappa shape index (κ3) is 4.46. The van der Waals surface area contributed by atoms with Gasteiger partial charge in [0.2, 0.25) is 0 Å². The number of aromatic nitrogens is 2. The summed E-state index contributed by atoms with van der Waals surface area (Å²) in [6, 6.07) is 18.0.